The molecule has 8 nitrogen and oxygen atoms in total. The van der Waals surface area contributed by atoms with Crippen LogP contribution in [0.3, 0.4) is 0 Å². The van der Waals surface area contributed by atoms with Crippen LogP contribution in [-0.2, 0) is 14.3 Å². The summed E-state index contributed by atoms with van der Waals surface area (Å²) in [5.41, 5.74) is -0.258. The fourth-order valence-electron chi connectivity index (χ4n) is 2.22. The van der Waals surface area contributed by atoms with Crippen molar-refractivity contribution in [2.75, 3.05) is 6.61 Å². The first-order valence-electron chi connectivity index (χ1n) is 7.12. The third kappa shape index (κ3) is 4.27. The molecule has 0 saturated carbocycles. The minimum Gasteiger partial charge on any atom is -0.475 e. The quantitative estimate of drug-likeness (QED) is 0.348. The van der Waals surface area contributed by atoms with Crippen molar-refractivity contribution in [1.82, 2.24) is 0 Å². The zero-order valence-corrected chi connectivity index (χ0v) is 13.4. The highest BCUT2D eigenvalue weighted by Gasteiger charge is 2.45. The second kappa shape index (κ2) is 8.09. The molecule has 1 aliphatic rings. The van der Waals surface area contributed by atoms with Gasteiger partial charge in [-0.25, -0.2) is 9.18 Å². The lowest BCUT2D eigenvalue weighted by molar-refractivity contribution is -0.291. The van der Waals surface area contributed by atoms with Crippen LogP contribution in [0.1, 0.15) is 5.56 Å². The number of carbonyl (C=O) groups is 1. The molecule has 1 saturated heterocycles. The summed E-state index contributed by atoms with van der Waals surface area (Å²) < 4.78 is 23.9. The average molecular weight is 379 g/mol. The molecule has 0 aromatic heterocycles. The van der Waals surface area contributed by atoms with Crippen LogP contribution in [0.5, 0.6) is 0 Å². The monoisotopic (exact) mass is 378 g/mol. The maximum absolute atomic E-state index is 13.8. The van der Waals surface area contributed by atoms with E-state index in [-0.39, 0.29) is 10.6 Å². The van der Waals surface area contributed by atoms with Gasteiger partial charge < -0.3 is 35.0 Å². The van der Waals surface area contributed by atoms with Crippen LogP contribution < -0.4 is 0 Å². The average Bonchev–Trinajstić information content (AvgIpc) is 2.57. The van der Waals surface area contributed by atoms with E-state index in [9.17, 15) is 29.6 Å². The van der Waals surface area contributed by atoms with Gasteiger partial charge in [0.25, 0.3) is 0 Å². The van der Waals surface area contributed by atoms with E-state index >= 15 is 0 Å². The summed E-state index contributed by atoms with van der Waals surface area (Å²) in [5, 5.41) is 47.5. The molecule has 1 aromatic rings. The molecule has 0 bridgehead atoms. The molecule has 1 heterocycles. The molecule has 0 spiro atoms. The van der Waals surface area contributed by atoms with Gasteiger partial charge in [-0.05, 0) is 18.2 Å². The van der Waals surface area contributed by atoms with Gasteiger partial charge in [0, 0.05) is 5.56 Å². The third-order valence-corrected chi connectivity index (χ3v) is 3.91. The highest BCUT2D eigenvalue weighted by molar-refractivity contribution is 6.32. The Morgan fingerprint density at radius 1 is 1.28 bits per heavy atom. The Labute approximate surface area is 146 Å². The van der Waals surface area contributed by atoms with E-state index in [1.807, 2.05) is 0 Å². The zero-order chi connectivity index (χ0) is 18.7. The molecule has 1 aliphatic heterocycles. The van der Waals surface area contributed by atoms with Gasteiger partial charge in [-0.1, -0.05) is 17.7 Å². The van der Waals surface area contributed by atoms with E-state index in [1.165, 1.54) is 12.1 Å². The Morgan fingerprint density at radius 3 is 2.52 bits per heavy atom. The molecule has 5 unspecified atom stereocenters. The summed E-state index contributed by atoms with van der Waals surface area (Å²) in [7, 11) is 0. The number of carboxylic acids is 1. The predicted octanol–water partition coefficient (Wildman–Crippen LogP) is -0.279. The van der Waals surface area contributed by atoms with Crippen LogP contribution in [0.15, 0.2) is 24.0 Å². The fourth-order valence-corrected chi connectivity index (χ4v) is 2.43. The minimum absolute atomic E-state index is 0.0730. The molecule has 5 N–H and O–H groups in total. The number of benzene rings is 1. The van der Waals surface area contributed by atoms with E-state index in [1.54, 1.807) is 0 Å². The molecule has 0 aliphatic carbocycles. The lowest BCUT2D eigenvalue weighted by Gasteiger charge is -2.39. The second-order valence-electron chi connectivity index (χ2n) is 5.26. The molecule has 1 aromatic carbocycles. The van der Waals surface area contributed by atoms with Crippen LogP contribution in [0.25, 0.3) is 6.08 Å². The lowest BCUT2D eigenvalue weighted by Crippen LogP contribution is -2.59. The van der Waals surface area contributed by atoms with Crippen molar-refractivity contribution >= 4 is 23.6 Å². The summed E-state index contributed by atoms with van der Waals surface area (Å²) in [6, 6.07) is 3.72. The number of aliphatic carboxylic acids is 1. The van der Waals surface area contributed by atoms with Gasteiger partial charge in [-0.2, -0.15) is 0 Å². The maximum atomic E-state index is 13.8. The number of halogens is 2. The minimum atomic E-state index is -1.81. The normalized spacial score (nSPS) is 30.2. The van der Waals surface area contributed by atoms with Crippen LogP contribution >= 0.6 is 11.6 Å². The highest BCUT2D eigenvalue weighted by Crippen LogP contribution is 2.26. The molecule has 0 radical (unpaired) electrons. The SMILES string of the molecule is O=C(O)C(=Cc1c(F)cccc1Cl)OC1OC(CO)C(O)C(O)C1O. The van der Waals surface area contributed by atoms with E-state index in [0.717, 1.165) is 12.1 Å². The summed E-state index contributed by atoms with van der Waals surface area (Å²) in [6.07, 6.45) is -7.39. The van der Waals surface area contributed by atoms with Gasteiger partial charge in [0.15, 0.2) is 0 Å². The summed E-state index contributed by atoms with van der Waals surface area (Å²) in [5.74, 6) is -3.24. The summed E-state index contributed by atoms with van der Waals surface area (Å²) in [6.45, 7) is -0.712. The molecule has 10 heteroatoms. The topological polar surface area (TPSA) is 137 Å². The van der Waals surface area contributed by atoms with Crippen molar-refractivity contribution in [2.24, 2.45) is 0 Å². The van der Waals surface area contributed by atoms with Gasteiger partial charge >= 0.3 is 5.97 Å². The second-order valence-corrected chi connectivity index (χ2v) is 5.67. The first kappa shape index (κ1) is 19.6. The van der Waals surface area contributed by atoms with Gasteiger partial charge in [0.1, 0.15) is 30.2 Å². The Morgan fingerprint density at radius 2 is 1.96 bits per heavy atom. The molecular formula is C15H16ClFO8. The molecule has 5 atom stereocenters. The molecule has 2 rings (SSSR count). The number of rotatable bonds is 5. The lowest BCUT2D eigenvalue weighted by atomic mass is 9.99. The van der Waals surface area contributed by atoms with Crippen LogP contribution in [0.2, 0.25) is 5.02 Å². The molecular weight excluding hydrogens is 363 g/mol. The van der Waals surface area contributed by atoms with Gasteiger partial charge in [0.2, 0.25) is 12.0 Å². The van der Waals surface area contributed by atoms with E-state index in [2.05, 4.69) is 0 Å². The largest absolute Gasteiger partial charge is 0.475 e. The number of ether oxygens (including phenoxy) is 2. The molecule has 0 amide bonds. The van der Waals surface area contributed by atoms with Gasteiger partial charge in [-0.3, -0.25) is 0 Å². The predicted molar refractivity (Wildman–Crippen MR) is 81.9 cm³/mol. The third-order valence-electron chi connectivity index (χ3n) is 3.58. The first-order chi connectivity index (χ1) is 11.8. The fraction of sp³-hybridized carbons (Fsp3) is 0.400. The number of aliphatic hydroxyl groups is 4. The number of carboxylic acid groups (broad SMARTS) is 1. The highest BCUT2D eigenvalue weighted by atomic mass is 35.5. The molecule has 25 heavy (non-hydrogen) atoms. The van der Waals surface area contributed by atoms with Crippen LogP contribution in [0.4, 0.5) is 4.39 Å². The van der Waals surface area contributed by atoms with Gasteiger partial charge in [0.05, 0.1) is 11.6 Å². The molecule has 1 fully saturated rings. The van der Waals surface area contributed by atoms with Crippen LogP contribution in [0, 0.1) is 5.82 Å². The smallest absolute Gasteiger partial charge is 0.371 e. The standard InChI is InChI=1S/C15H16ClFO8/c16-7-2-1-3-8(17)6(7)4-9(14(22)23)24-15-13(21)12(20)11(19)10(5-18)25-15/h1-4,10-13,15,18-21H,5H2,(H,22,23). The Kier molecular flexibility index (Phi) is 6.33. The van der Waals surface area contributed by atoms with Crippen molar-refractivity contribution < 1.29 is 44.2 Å². The van der Waals surface area contributed by atoms with Crippen molar-refractivity contribution in [2.45, 2.75) is 30.7 Å². The van der Waals surface area contributed by atoms with E-state index in [0.29, 0.717) is 0 Å². The van der Waals surface area contributed by atoms with Crippen molar-refractivity contribution in [3.63, 3.8) is 0 Å². The summed E-state index contributed by atoms with van der Waals surface area (Å²) in [4.78, 5) is 11.3. The Balaban J connectivity index is 2.30. The van der Waals surface area contributed by atoms with E-state index < -0.39 is 54.9 Å². The van der Waals surface area contributed by atoms with Crippen molar-refractivity contribution in [1.29, 1.82) is 0 Å². The maximum Gasteiger partial charge on any atom is 0.371 e. The number of aliphatic hydroxyl groups excluding tert-OH is 4. The van der Waals surface area contributed by atoms with Crippen molar-refractivity contribution in [3.05, 3.63) is 40.4 Å². The Hall–Kier alpha value is -1.75. The van der Waals surface area contributed by atoms with Gasteiger partial charge in [-0.15, -0.1) is 0 Å². The van der Waals surface area contributed by atoms with Crippen LogP contribution in [-0.4, -0.2) is 68.8 Å². The number of hydrogen-bond acceptors (Lipinski definition) is 7. The summed E-state index contributed by atoms with van der Waals surface area (Å²) >= 11 is 5.82. The van der Waals surface area contributed by atoms with Crippen molar-refractivity contribution in [3.8, 4) is 0 Å². The number of hydrogen-bond donors (Lipinski definition) is 5. The zero-order valence-electron chi connectivity index (χ0n) is 12.6. The molecule has 138 valence electrons. The van der Waals surface area contributed by atoms with E-state index in [4.69, 9.17) is 26.2 Å². The Bertz CT molecular complexity index is 645. The first-order valence-corrected chi connectivity index (χ1v) is 7.50.